The summed E-state index contributed by atoms with van der Waals surface area (Å²) in [6.45, 7) is 0.721. The Hall–Kier alpha value is -4.25. The zero-order chi connectivity index (χ0) is 22.6. The van der Waals surface area contributed by atoms with Crippen molar-refractivity contribution in [3.8, 4) is 17.1 Å². The third-order valence-corrected chi connectivity index (χ3v) is 5.46. The van der Waals surface area contributed by atoms with Crippen molar-refractivity contribution in [1.29, 1.82) is 0 Å². The number of aromatic nitrogens is 2. The first-order chi connectivity index (χ1) is 16.2. The monoisotopic (exact) mass is 436 g/mol. The van der Waals surface area contributed by atoms with Gasteiger partial charge in [-0.3, -0.25) is 9.36 Å². The molecule has 5 heteroatoms. The van der Waals surface area contributed by atoms with E-state index in [0.29, 0.717) is 29.1 Å². The third-order valence-electron chi connectivity index (χ3n) is 5.46. The Kier molecular flexibility index (Phi) is 5.68. The highest BCUT2D eigenvalue weighted by Crippen LogP contribution is 2.25. The van der Waals surface area contributed by atoms with Crippen molar-refractivity contribution in [2.75, 3.05) is 0 Å². The van der Waals surface area contributed by atoms with Crippen molar-refractivity contribution >= 4 is 10.9 Å². The van der Waals surface area contributed by atoms with E-state index in [1.807, 2.05) is 72.8 Å². The zero-order valence-corrected chi connectivity index (χ0v) is 17.8. The van der Waals surface area contributed by atoms with E-state index in [1.54, 1.807) is 22.8 Å². The average Bonchev–Trinajstić information content (AvgIpc) is 2.86. The maximum Gasteiger partial charge on any atom is 0.261 e. The summed E-state index contributed by atoms with van der Waals surface area (Å²) in [6.07, 6.45) is 0. The van der Waals surface area contributed by atoms with E-state index in [4.69, 9.17) is 9.72 Å². The van der Waals surface area contributed by atoms with Crippen LogP contribution in [0.25, 0.3) is 22.3 Å². The minimum Gasteiger partial charge on any atom is -0.489 e. The van der Waals surface area contributed by atoms with E-state index in [9.17, 15) is 9.18 Å². The summed E-state index contributed by atoms with van der Waals surface area (Å²) < 4.78 is 21.0. The highest BCUT2D eigenvalue weighted by Gasteiger charge is 2.14. The van der Waals surface area contributed by atoms with E-state index < -0.39 is 0 Å². The van der Waals surface area contributed by atoms with Gasteiger partial charge < -0.3 is 4.74 Å². The number of fused-ring (bicyclic) bond motifs is 1. The average molecular weight is 436 g/mol. The minimum atomic E-state index is -0.314. The van der Waals surface area contributed by atoms with Crippen molar-refractivity contribution in [1.82, 2.24) is 9.55 Å². The van der Waals surface area contributed by atoms with E-state index in [-0.39, 0.29) is 17.9 Å². The molecule has 5 aromatic rings. The maximum absolute atomic E-state index is 13.4. The van der Waals surface area contributed by atoms with Crippen LogP contribution in [0.1, 0.15) is 11.1 Å². The second kappa shape index (κ2) is 9.09. The molecule has 0 amide bonds. The van der Waals surface area contributed by atoms with Gasteiger partial charge in [-0.25, -0.2) is 9.37 Å². The first-order valence-corrected chi connectivity index (χ1v) is 10.7. The van der Waals surface area contributed by atoms with Crippen LogP contribution in [0, 0.1) is 5.82 Å². The molecule has 1 aromatic heterocycles. The third kappa shape index (κ3) is 4.53. The molecule has 0 N–H and O–H groups in total. The number of nitrogens with zero attached hydrogens (tertiary/aromatic N) is 2. The van der Waals surface area contributed by atoms with Crippen LogP contribution in [0.5, 0.6) is 5.75 Å². The van der Waals surface area contributed by atoms with Crippen molar-refractivity contribution in [3.63, 3.8) is 0 Å². The zero-order valence-electron chi connectivity index (χ0n) is 17.8. The fourth-order valence-electron chi connectivity index (χ4n) is 3.77. The van der Waals surface area contributed by atoms with E-state index in [1.165, 1.54) is 12.1 Å². The predicted octanol–water partition coefficient (Wildman–Crippen LogP) is 5.83. The second-order valence-corrected chi connectivity index (χ2v) is 7.77. The minimum absolute atomic E-state index is 0.143. The Morgan fingerprint density at radius 1 is 0.788 bits per heavy atom. The van der Waals surface area contributed by atoms with Crippen LogP contribution >= 0.6 is 0 Å². The van der Waals surface area contributed by atoms with E-state index in [0.717, 1.165) is 16.7 Å². The molecule has 5 rings (SSSR count). The van der Waals surface area contributed by atoms with E-state index >= 15 is 0 Å². The molecular formula is C28H21FN2O2. The summed E-state index contributed by atoms with van der Waals surface area (Å²) in [5.74, 6) is 0.909. The molecule has 4 aromatic carbocycles. The molecule has 0 spiro atoms. The van der Waals surface area contributed by atoms with Gasteiger partial charge in [0.2, 0.25) is 0 Å². The van der Waals surface area contributed by atoms with Gasteiger partial charge in [0, 0.05) is 5.56 Å². The second-order valence-electron chi connectivity index (χ2n) is 7.77. The molecule has 0 radical (unpaired) electrons. The lowest BCUT2D eigenvalue weighted by atomic mass is 10.1. The van der Waals surface area contributed by atoms with Gasteiger partial charge in [-0.05, 0) is 47.5 Å². The van der Waals surface area contributed by atoms with Gasteiger partial charge in [0.1, 0.15) is 24.0 Å². The lowest BCUT2D eigenvalue weighted by Crippen LogP contribution is -2.24. The molecule has 1 heterocycles. The molecule has 0 fully saturated rings. The van der Waals surface area contributed by atoms with Crippen LogP contribution in [0.3, 0.4) is 0 Å². The summed E-state index contributed by atoms with van der Waals surface area (Å²) in [7, 11) is 0. The lowest BCUT2D eigenvalue weighted by Gasteiger charge is -2.15. The molecular weight excluding hydrogens is 415 g/mol. The van der Waals surface area contributed by atoms with Crippen LogP contribution in [0.15, 0.2) is 108 Å². The SMILES string of the molecule is O=c1c2ccccc2nc(-c2cccc(OCc3ccccc3)c2)n1Cc1ccc(F)cc1. The van der Waals surface area contributed by atoms with Gasteiger partial charge in [-0.1, -0.05) is 66.7 Å². The highest BCUT2D eigenvalue weighted by atomic mass is 19.1. The normalized spacial score (nSPS) is 10.9. The molecule has 0 bridgehead atoms. The van der Waals surface area contributed by atoms with E-state index in [2.05, 4.69) is 0 Å². The largest absolute Gasteiger partial charge is 0.489 e. The van der Waals surface area contributed by atoms with Crippen LogP contribution in [0.4, 0.5) is 4.39 Å². The Morgan fingerprint density at radius 2 is 1.55 bits per heavy atom. The summed E-state index contributed by atoms with van der Waals surface area (Å²) in [6, 6.07) is 31.0. The number of rotatable bonds is 6. The first kappa shape index (κ1) is 20.6. The topological polar surface area (TPSA) is 44.1 Å². The van der Waals surface area contributed by atoms with Crippen LogP contribution in [0.2, 0.25) is 0 Å². The number of benzene rings is 4. The van der Waals surface area contributed by atoms with Gasteiger partial charge in [0.05, 0.1) is 17.4 Å². The summed E-state index contributed by atoms with van der Waals surface area (Å²) >= 11 is 0. The molecule has 0 unspecified atom stereocenters. The Balaban J connectivity index is 1.56. The van der Waals surface area contributed by atoms with Gasteiger partial charge >= 0.3 is 0 Å². The smallest absolute Gasteiger partial charge is 0.261 e. The lowest BCUT2D eigenvalue weighted by molar-refractivity contribution is 0.306. The van der Waals surface area contributed by atoms with Crippen molar-refractivity contribution in [2.45, 2.75) is 13.2 Å². The van der Waals surface area contributed by atoms with Gasteiger partial charge in [-0.2, -0.15) is 0 Å². The number of ether oxygens (including phenoxy) is 1. The molecule has 0 atom stereocenters. The quantitative estimate of drug-likeness (QED) is 0.336. The Morgan fingerprint density at radius 3 is 2.36 bits per heavy atom. The number of hydrogen-bond acceptors (Lipinski definition) is 3. The fraction of sp³-hybridized carbons (Fsp3) is 0.0714. The summed E-state index contributed by atoms with van der Waals surface area (Å²) in [4.78, 5) is 18.2. The van der Waals surface area contributed by atoms with Crippen LogP contribution < -0.4 is 10.3 Å². The maximum atomic E-state index is 13.4. The summed E-state index contributed by atoms with van der Waals surface area (Å²) in [5, 5.41) is 0.542. The molecule has 0 aliphatic rings. The molecule has 4 nitrogen and oxygen atoms in total. The molecule has 0 aliphatic heterocycles. The molecule has 33 heavy (non-hydrogen) atoms. The molecule has 0 aliphatic carbocycles. The van der Waals surface area contributed by atoms with Crippen LogP contribution in [-0.4, -0.2) is 9.55 Å². The van der Waals surface area contributed by atoms with Crippen molar-refractivity contribution in [3.05, 3.63) is 130 Å². The number of halogens is 1. The van der Waals surface area contributed by atoms with Gasteiger partial charge in [-0.15, -0.1) is 0 Å². The highest BCUT2D eigenvalue weighted by molar-refractivity contribution is 5.79. The van der Waals surface area contributed by atoms with Gasteiger partial charge in [0.15, 0.2) is 0 Å². The molecule has 162 valence electrons. The molecule has 0 saturated carbocycles. The fourth-order valence-corrected chi connectivity index (χ4v) is 3.77. The summed E-state index contributed by atoms with van der Waals surface area (Å²) in [5.41, 5.74) is 3.14. The Labute approximate surface area is 190 Å². The standard InChI is InChI=1S/C28H21FN2O2/c29-23-15-13-20(14-16-23)18-31-27(30-26-12-5-4-11-25(26)28(31)32)22-9-6-10-24(17-22)33-19-21-7-2-1-3-8-21/h1-17H,18-19H2. The molecule has 0 saturated heterocycles. The first-order valence-electron chi connectivity index (χ1n) is 10.7. The van der Waals surface area contributed by atoms with Gasteiger partial charge in [0.25, 0.3) is 5.56 Å². The number of para-hydroxylation sites is 1. The van der Waals surface area contributed by atoms with Crippen molar-refractivity contribution in [2.24, 2.45) is 0 Å². The van der Waals surface area contributed by atoms with Crippen LogP contribution in [-0.2, 0) is 13.2 Å². The van der Waals surface area contributed by atoms with Crippen molar-refractivity contribution < 1.29 is 9.13 Å². The Bertz CT molecular complexity index is 1460. The predicted molar refractivity (Wildman–Crippen MR) is 128 cm³/mol. The number of hydrogen-bond donors (Lipinski definition) is 0.